The van der Waals surface area contributed by atoms with Crippen LogP contribution in [0.25, 0.3) is 0 Å². The smallest absolute Gasteiger partial charge is 0.248 e. The molecule has 0 unspecified atom stereocenters. The van der Waals surface area contributed by atoms with E-state index >= 15 is 0 Å². The van der Waals surface area contributed by atoms with Gasteiger partial charge in [0.25, 0.3) is 0 Å². The van der Waals surface area contributed by atoms with Crippen LogP contribution in [0.2, 0.25) is 0 Å². The molecular formula is C13H12BrNO4S. The lowest BCUT2D eigenvalue weighted by molar-refractivity contribution is 0.245. The first kappa shape index (κ1) is 13.8. The fraction of sp³-hybridized carbons (Fsp3) is 0.231. The van der Waals surface area contributed by atoms with Gasteiger partial charge in [-0.05, 0) is 27.1 Å². The zero-order valence-electron chi connectivity index (χ0n) is 10.4. The summed E-state index contributed by atoms with van der Waals surface area (Å²) >= 11 is 3.09. The lowest BCUT2D eigenvalue weighted by atomic mass is 10.1. The Kier molecular flexibility index (Phi) is 3.45. The maximum Gasteiger partial charge on any atom is 0.248 e. The van der Waals surface area contributed by atoms with E-state index in [1.807, 2.05) is 24.3 Å². The van der Waals surface area contributed by atoms with Crippen LogP contribution in [0.5, 0.6) is 0 Å². The van der Waals surface area contributed by atoms with E-state index in [4.69, 9.17) is 9.52 Å². The summed E-state index contributed by atoms with van der Waals surface area (Å²) in [5.41, 5.74) is 2.02. The molecule has 3 rings (SSSR count). The number of aliphatic hydroxyl groups is 1. The Balaban J connectivity index is 1.96. The van der Waals surface area contributed by atoms with E-state index in [1.165, 1.54) is 10.4 Å². The molecule has 0 atom stereocenters. The molecule has 0 saturated carbocycles. The van der Waals surface area contributed by atoms with Crippen LogP contribution in [0.15, 0.2) is 44.3 Å². The van der Waals surface area contributed by atoms with Gasteiger partial charge in [0.1, 0.15) is 17.3 Å². The number of sulfonamides is 1. The Bertz CT molecular complexity index is 728. The lowest BCUT2D eigenvalue weighted by Gasteiger charge is -2.14. The molecule has 1 aliphatic heterocycles. The minimum absolute atomic E-state index is 0.0503. The average molecular weight is 358 g/mol. The molecule has 106 valence electrons. The molecule has 0 bridgehead atoms. The fourth-order valence-electron chi connectivity index (χ4n) is 2.26. The van der Waals surface area contributed by atoms with Crippen molar-refractivity contribution in [2.45, 2.75) is 24.6 Å². The summed E-state index contributed by atoms with van der Waals surface area (Å²) in [6, 6.07) is 8.99. The van der Waals surface area contributed by atoms with Crippen LogP contribution in [0.4, 0.5) is 0 Å². The van der Waals surface area contributed by atoms with E-state index in [-0.39, 0.29) is 21.9 Å². The topological polar surface area (TPSA) is 70.8 Å². The van der Waals surface area contributed by atoms with E-state index < -0.39 is 10.0 Å². The van der Waals surface area contributed by atoms with Crippen LogP contribution in [-0.2, 0) is 29.7 Å². The fourth-order valence-corrected chi connectivity index (χ4v) is 4.62. The van der Waals surface area contributed by atoms with Crippen molar-refractivity contribution in [3.8, 4) is 0 Å². The molecule has 1 aromatic carbocycles. The molecule has 0 saturated heterocycles. The summed E-state index contributed by atoms with van der Waals surface area (Å²) in [6.07, 6.45) is 0. The predicted octanol–water partition coefficient (Wildman–Crippen LogP) is 2.24. The SMILES string of the molecule is O=S(=O)(c1cc(CO)oc1Br)N1Cc2ccccc2C1. The van der Waals surface area contributed by atoms with Gasteiger partial charge < -0.3 is 9.52 Å². The number of nitrogens with zero attached hydrogens (tertiary/aromatic N) is 1. The Hall–Kier alpha value is -1.15. The van der Waals surface area contributed by atoms with Crippen LogP contribution in [0.3, 0.4) is 0 Å². The second-order valence-electron chi connectivity index (χ2n) is 4.55. The molecule has 2 heterocycles. The second kappa shape index (κ2) is 5.00. The first-order valence-electron chi connectivity index (χ1n) is 5.98. The van der Waals surface area contributed by atoms with E-state index in [2.05, 4.69) is 15.9 Å². The molecule has 1 aliphatic rings. The summed E-state index contributed by atoms with van der Waals surface area (Å²) < 4.78 is 31.9. The zero-order valence-corrected chi connectivity index (χ0v) is 12.8. The number of furan rings is 1. The largest absolute Gasteiger partial charge is 0.450 e. The van der Waals surface area contributed by atoms with Crippen molar-refractivity contribution >= 4 is 26.0 Å². The Morgan fingerprint density at radius 2 is 1.85 bits per heavy atom. The van der Waals surface area contributed by atoms with Crippen molar-refractivity contribution in [2.24, 2.45) is 0 Å². The third-order valence-corrected chi connectivity index (χ3v) is 5.94. The quantitative estimate of drug-likeness (QED) is 0.914. The standard InChI is InChI=1S/C13H12BrNO4S/c14-13-12(5-11(8-16)19-13)20(17,18)15-6-9-3-1-2-4-10(9)7-15/h1-5,16H,6-8H2. The van der Waals surface area contributed by atoms with Gasteiger partial charge in [-0.3, -0.25) is 0 Å². The molecule has 20 heavy (non-hydrogen) atoms. The third kappa shape index (κ3) is 2.20. The molecule has 7 heteroatoms. The molecule has 2 aromatic rings. The van der Waals surface area contributed by atoms with Gasteiger partial charge in [-0.2, -0.15) is 4.31 Å². The normalized spacial score (nSPS) is 15.5. The summed E-state index contributed by atoms with van der Waals surface area (Å²) in [5.74, 6) is 0.215. The molecule has 5 nitrogen and oxygen atoms in total. The highest BCUT2D eigenvalue weighted by molar-refractivity contribution is 9.10. The third-order valence-electron chi connectivity index (χ3n) is 3.29. The van der Waals surface area contributed by atoms with Crippen LogP contribution >= 0.6 is 15.9 Å². The van der Waals surface area contributed by atoms with Crippen molar-refractivity contribution in [3.63, 3.8) is 0 Å². The highest BCUT2D eigenvalue weighted by atomic mass is 79.9. The monoisotopic (exact) mass is 357 g/mol. The van der Waals surface area contributed by atoms with Gasteiger partial charge in [-0.25, -0.2) is 8.42 Å². The molecule has 0 spiro atoms. The van der Waals surface area contributed by atoms with E-state index in [0.717, 1.165) is 11.1 Å². The van der Waals surface area contributed by atoms with Gasteiger partial charge in [0.05, 0.1) is 0 Å². The van der Waals surface area contributed by atoms with Crippen LogP contribution in [0, 0.1) is 0 Å². The maximum atomic E-state index is 12.6. The van der Waals surface area contributed by atoms with E-state index in [1.54, 1.807) is 0 Å². The van der Waals surface area contributed by atoms with Crippen molar-refractivity contribution in [1.29, 1.82) is 0 Å². The van der Waals surface area contributed by atoms with Crippen LogP contribution in [0.1, 0.15) is 16.9 Å². The van der Waals surface area contributed by atoms with Crippen LogP contribution < -0.4 is 0 Å². The van der Waals surface area contributed by atoms with Gasteiger partial charge in [0.15, 0.2) is 4.67 Å². The van der Waals surface area contributed by atoms with E-state index in [0.29, 0.717) is 13.1 Å². The lowest BCUT2D eigenvalue weighted by Crippen LogP contribution is -2.25. The number of aliphatic hydroxyl groups excluding tert-OH is 1. The molecule has 0 radical (unpaired) electrons. The highest BCUT2D eigenvalue weighted by Crippen LogP contribution is 2.33. The first-order valence-corrected chi connectivity index (χ1v) is 8.21. The second-order valence-corrected chi connectivity index (χ2v) is 7.18. The average Bonchev–Trinajstić information content (AvgIpc) is 3.02. The summed E-state index contributed by atoms with van der Waals surface area (Å²) in [6.45, 7) is 0.365. The molecule has 0 amide bonds. The predicted molar refractivity (Wildman–Crippen MR) is 75.2 cm³/mol. The number of fused-ring (bicyclic) bond motifs is 1. The number of hydrogen-bond donors (Lipinski definition) is 1. The van der Waals surface area contributed by atoms with Gasteiger partial charge in [-0.1, -0.05) is 24.3 Å². The first-order chi connectivity index (χ1) is 9.52. The summed E-state index contributed by atoms with van der Waals surface area (Å²) in [4.78, 5) is 0.0503. The molecule has 1 N–H and O–H groups in total. The maximum absolute atomic E-state index is 12.6. The Labute approximate surface area is 125 Å². The number of hydrogen-bond acceptors (Lipinski definition) is 4. The van der Waals surface area contributed by atoms with Crippen LogP contribution in [-0.4, -0.2) is 17.8 Å². The molecule has 1 aromatic heterocycles. The summed E-state index contributed by atoms with van der Waals surface area (Å²) in [5, 5.41) is 9.03. The van der Waals surface area contributed by atoms with Crippen molar-refractivity contribution in [1.82, 2.24) is 4.31 Å². The number of benzene rings is 1. The highest BCUT2D eigenvalue weighted by Gasteiger charge is 2.33. The Morgan fingerprint density at radius 1 is 1.25 bits per heavy atom. The zero-order chi connectivity index (χ0) is 14.3. The number of rotatable bonds is 3. The van der Waals surface area contributed by atoms with Gasteiger partial charge in [-0.15, -0.1) is 0 Å². The molecule has 0 fully saturated rings. The van der Waals surface area contributed by atoms with Gasteiger partial charge in [0, 0.05) is 19.2 Å². The van der Waals surface area contributed by atoms with Crippen molar-refractivity contribution < 1.29 is 17.9 Å². The summed E-state index contributed by atoms with van der Waals surface area (Å²) in [7, 11) is -3.64. The number of halogens is 1. The molecule has 0 aliphatic carbocycles. The van der Waals surface area contributed by atoms with E-state index in [9.17, 15) is 8.42 Å². The minimum atomic E-state index is -3.64. The minimum Gasteiger partial charge on any atom is -0.450 e. The molecular weight excluding hydrogens is 346 g/mol. The van der Waals surface area contributed by atoms with Crippen molar-refractivity contribution in [2.75, 3.05) is 0 Å². The van der Waals surface area contributed by atoms with Gasteiger partial charge in [0.2, 0.25) is 10.0 Å². The Morgan fingerprint density at radius 3 is 2.35 bits per heavy atom. The van der Waals surface area contributed by atoms with Gasteiger partial charge >= 0.3 is 0 Å². The van der Waals surface area contributed by atoms with Crippen molar-refractivity contribution in [3.05, 3.63) is 51.9 Å².